The number of carbonyl (C=O) groups excluding carboxylic acids is 3. The number of ketones is 1. The first-order chi connectivity index (χ1) is 12.5. The van der Waals surface area contributed by atoms with Gasteiger partial charge in [-0.15, -0.1) is 0 Å². The molecule has 2 amide bonds. The number of aromatic nitrogens is 1. The summed E-state index contributed by atoms with van der Waals surface area (Å²) in [6.07, 6.45) is 2.40. The van der Waals surface area contributed by atoms with Gasteiger partial charge < -0.3 is 15.2 Å². The van der Waals surface area contributed by atoms with Crippen LogP contribution in [-0.2, 0) is 9.59 Å². The molecule has 138 valence electrons. The molecule has 0 radical (unpaired) electrons. The summed E-state index contributed by atoms with van der Waals surface area (Å²) >= 11 is 0. The number of hydrogen-bond donors (Lipinski definition) is 2. The Labute approximate surface area is 152 Å². The number of carbonyl (C=O) groups is 3. The molecular formula is C20H25N3O3. The number of hydrogen-bond acceptors (Lipinski definition) is 3. The summed E-state index contributed by atoms with van der Waals surface area (Å²) in [6, 6.07) is 7.40. The summed E-state index contributed by atoms with van der Waals surface area (Å²) in [5.41, 5.74) is 1.90. The van der Waals surface area contributed by atoms with E-state index in [-0.39, 0.29) is 18.9 Å². The first-order valence-corrected chi connectivity index (χ1v) is 9.15. The van der Waals surface area contributed by atoms with Crippen LogP contribution in [0.15, 0.2) is 24.3 Å². The average Bonchev–Trinajstić information content (AvgIpc) is 2.96. The third kappa shape index (κ3) is 3.79. The van der Waals surface area contributed by atoms with Crippen molar-refractivity contribution in [1.82, 2.24) is 15.2 Å². The molecule has 6 heteroatoms. The first kappa shape index (κ1) is 18.2. The lowest BCUT2D eigenvalue weighted by Gasteiger charge is -2.31. The van der Waals surface area contributed by atoms with E-state index in [0.29, 0.717) is 17.2 Å². The molecule has 1 aromatic carbocycles. The van der Waals surface area contributed by atoms with Crippen molar-refractivity contribution < 1.29 is 14.4 Å². The lowest BCUT2D eigenvalue weighted by Crippen LogP contribution is -2.41. The van der Waals surface area contributed by atoms with Gasteiger partial charge in [-0.05, 0) is 31.7 Å². The first-order valence-electron chi connectivity index (χ1n) is 9.15. The molecule has 1 fully saturated rings. The number of H-pyrrole nitrogens is 1. The number of Topliss-reactive ketones (excluding diaryl/α,β-unsaturated/α-hetero) is 1. The Bertz CT molecular complexity index is 840. The molecule has 3 rings (SSSR count). The molecular weight excluding hydrogens is 330 g/mol. The molecule has 1 saturated heterocycles. The Morgan fingerprint density at radius 3 is 2.81 bits per heavy atom. The van der Waals surface area contributed by atoms with Gasteiger partial charge in [-0.1, -0.05) is 25.1 Å². The Balaban J connectivity index is 1.57. The molecule has 6 nitrogen and oxygen atoms in total. The molecule has 2 heterocycles. The van der Waals surface area contributed by atoms with Crippen molar-refractivity contribution in [1.29, 1.82) is 0 Å². The van der Waals surface area contributed by atoms with Crippen molar-refractivity contribution >= 4 is 28.5 Å². The van der Waals surface area contributed by atoms with Crippen LogP contribution in [0.5, 0.6) is 0 Å². The summed E-state index contributed by atoms with van der Waals surface area (Å²) < 4.78 is 0. The zero-order valence-corrected chi connectivity index (χ0v) is 15.3. The fraction of sp³-hybridized carbons (Fsp3) is 0.450. The average molecular weight is 355 g/mol. The Hall–Kier alpha value is -2.63. The van der Waals surface area contributed by atoms with Crippen molar-refractivity contribution in [3.8, 4) is 0 Å². The number of amides is 2. The van der Waals surface area contributed by atoms with Crippen LogP contribution in [0.3, 0.4) is 0 Å². The lowest BCUT2D eigenvalue weighted by molar-refractivity contribution is -0.132. The van der Waals surface area contributed by atoms with Crippen molar-refractivity contribution in [2.24, 2.45) is 5.92 Å². The van der Waals surface area contributed by atoms with Gasteiger partial charge in [-0.3, -0.25) is 14.4 Å². The monoisotopic (exact) mass is 355 g/mol. The molecule has 0 aliphatic carbocycles. The van der Waals surface area contributed by atoms with Gasteiger partial charge in [-0.2, -0.15) is 0 Å². The molecule has 2 N–H and O–H groups in total. The highest BCUT2D eigenvalue weighted by molar-refractivity contribution is 6.45. The zero-order valence-electron chi connectivity index (χ0n) is 15.3. The Morgan fingerprint density at radius 1 is 1.27 bits per heavy atom. The number of nitrogens with one attached hydrogen (secondary N) is 2. The summed E-state index contributed by atoms with van der Waals surface area (Å²) in [7, 11) is 0. The molecule has 26 heavy (non-hydrogen) atoms. The van der Waals surface area contributed by atoms with Crippen molar-refractivity contribution in [2.75, 3.05) is 19.6 Å². The molecule has 0 unspecified atom stereocenters. The van der Waals surface area contributed by atoms with Crippen LogP contribution in [0.4, 0.5) is 0 Å². The van der Waals surface area contributed by atoms with E-state index < -0.39 is 11.7 Å². The van der Waals surface area contributed by atoms with E-state index in [1.54, 1.807) is 6.92 Å². The fourth-order valence-corrected chi connectivity index (χ4v) is 3.62. The smallest absolute Gasteiger partial charge is 0.292 e. The van der Waals surface area contributed by atoms with Crippen molar-refractivity contribution in [3.05, 3.63) is 35.5 Å². The van der Waals surface area contributed by atoms with Gasteiger partial charge in [0.25, 0.3) is 11.7 Å². The number of nitrogens with zero attached hydrogens (tertiary/aromatic N) is 1. The van der Waals surface area contributed by atoms with Crippen LogP contribution < -0.4 is 5.32 Å². The molecule has 0 saturated carbocycles. The molecule has 0 spiro atoms. The van der Waals surface area contributed by atoms with E-state index in [1.165, 1.54) is 0 Å². The highest BCUT2D eigenvalue weighted by atomic mass is 16.2. The van der Waals surface area contributed by atoms with Gasteiger partial charge in [0.1, 0.15) is 0 Å². The van der Waals surface area contributed by atoms with Gasteiger partial charge in [0.15, 0.2) is 0 Å². The second-order valence-corrected chi connectivity index (χ2v) is 7.09. The van der Waals surface area contributed by atoms with E-state index in [0.717, 1.165) is 36.8 Å². The second-order valence-electron chi connectivity index (χ2n) is 7.09. The predicted molar refractivity (Wildman–Crippen MR) is 100.0 cm³/mol. The van der Waals surface area contributed by atoms with E-state index in [2.05, 4.69) is 17.2 Å². The molecule has 0 bridgehead atoms. The Morgan fingerprint density at radius 2 is 2.04 bits per heavy atom. The van der Waals surface area contributed by atoms with E-state index in [4.69, 9.17) is 0 Å². The summed E-state index contributed by atoms with van der Waals surface area (Å²) in [5.74, 6) is -0.682. The van der Waals surface area contributed by atoms with Gasteiger partial charge in [0.2, 0.25) is 5.91 Å². The highest BCUT2D eigenvalue weighted by Crippen LogP contribution is 2.22. The largest absolute Gasteiger partial charge is 0.358 e. The summed E-state index contributed by atoms with van der Waals surface area (Å²) in [6.45, 7) is 5.66. The van der Waals surface area contributed by atoms with E-state index in [9.17, 15) is 14.4 Å². The number of benzene rings is 1. The van der Waals surface area contributed by atoms with Crippen molar-refractivity contribution in [2.45, 2.75) is 33.1 Å². The number of para-hydroxylation sites is 1. The molecule has 2 aromatic rings. The summed E-state index contributed by atoms with van der Waals surface area (Å²) in [4.78, 5) is 42.0. The van der Waals surface area contributed by atoms with Crippen LogP contribution in [0.2, 0.25) is 0 Å². The predicted octanol–water partition coefficient (Wildman–Crippen LogP) is 2.42. The van der Waals surface area contributed by atoms with E-state index >= 15 is 0 Å². The Kier molecular flexibility index (Phi) is 5.40. The van der Waals surface area contributed by atoms with Gasteiger partial charge in [0.05, 0.1) is 5.56 Å². The third-order valence-electron chi connectivity index (χ3n) is 4.96. The van der Waals surface area contributed by atoms with E-state index in [1.807, 2.05) is 29.2 Å². The SMILES string of the molecule is Cc1[nH]c2ccccc2c1C(=O)C(=O)NCCC(=O)N1CCC[C@@H](C)C1. The number of aromatic amines is 1. The molecule has 1 aliphatic heterocycles. The van der Waals surface area contributed by atoms with Crippen molar-refractivity contribution in [3.63, 3.8) is 0 Å². The number of aryl methyl sites for hydroxylation is 1. The van der Waals surface area contributed by atoms with Crippen LogP contribution in [0.25, 0.3) is 10.9 Å². The molecule has 1 aliphatic rings. The topological polar surface area (TPSA) is 82.3 Å². The van der Waals surface area contributed by atoms with Crippen LogP contribution in [0.1, 0.15) is 42.2 Å². The fourth-order valence-electron chi connectivity index (χ4n) is 3.62. The maximum absolute atomic E-state index is 12.5. The molecule has 1 atom stereocenters. The molecule has 1 aromatic heterocycles. The summed E-state index contributed by atoms with van der Waals surface area (Å²) in [5, 5.41) is 3.33. The van der Waals surface area contributed by atoms with Crippen LogP contribution in [-0.4, -0.2) is 47.1 Å². The number of fused-ring (bicyclic) bond motifs is 1. The van der Waals surface area contributed by atoms with Gasteiger partial charge in [0, 0.05) is 42.7 Å². The number of piperidine rings is 1. The minimum Gasteiger partial charge on any atom is -0.358 e. The third-order valence-corrected chi connectivity index (χ3v) is 4.96. The van der Waals surface area contributed by atoms with Gasteiger partial charge in [-0.25, -0.2) is 0 Å². The number of rotatable bonds is 5. The minimum atomic E-state index is -0.669. The maximum atomic E-state index is 12.5. The van der Waals surface area contributed by atoms with Crippen LogP contribution >= 0.6 is 0 Å². The standard InChI is InChI=1S/C20H25N3O3/c1-13-6-5-11-23(12-13)17(24)9-10-21-20(26)19(25)18-14(2)22-16-8-4-3-7-15(16)18/h3-4,7-8,13,22H,5-6,9-12H2,1-2H3,(H,21,26)/t13-/m1/s1. The minimum absolute atomic E-state index is 0.0348. The zero-order chi connectivity index (χ0) is 18.7. The van der Waals surface area contributed by atoms with Gasteiger partial charge >= 0.3 is 0 Å². The normalized spacial score (nSPS) is 17.3. The number of likely N-dealkylation sites (tertiary alicyclic amines) is 1. The second kappa shape index (κ2) is 7.72. The van der Waals surface area contributed by atoms with Crippen LogP contribution in [0, 0.1) is 12.8 Å². The highest BCUT2D eigenvalue weighted by Gasteiger charge is 2.24. The maximum Gasteiger partial charge on any atom is 0.292 e. The lowest BCUT2D eigenvalue weighted by atomic mass is 10.00. The quantitative estimate of drug-likeness (QED) is 0.638.